The fourth-order valence-electron chi connectivity index (χ4n) is 2.62. The van der Waals surface area contributed by atoms with Crippen molar-refractivity contribution in [3.63, 3.8) is 0 Å². The maximum Gasteiger partial charge on any atom is 0.256 e. The molecule has 1 N–H and O–H groups in total. The van der Waals surface area contributed by atoms with Crippen LogP contribution in [0.25, 0.3) is 10.9 Å². The molecular weight excluding hydrogens is 300 g/mol. The molecule has 0 atom stereocenters. The van der Waals surface area contributed by atoms with E-state index < -0.39 is 0 Å². The predicted molar refractivity (Wildman–Crippen MR) is 96.6 cm³/mol. The van der Waals surface area contributed by atoms with Gasteiger partial charge >= 0.3 is 0 Å². The molecule has 0 radical (unpaired) electrons. The lowest BCUT2D eigenvalue weighted by Crippen LogP contribution is -2.15. The number of rotatable bonds is 5. The van der Waals surface area contributed by atoms with E-state index in [1.54, 1.807) is 25.4 Å². The van der Waals surface area contributed by atoms with Crippen LogP contribution in [0.2, 0.25) is 0 Å². The number of methoxy groups -OCH3 is 1. The number of nitrogens with zero attached hydrogens (tertiary/aromatic N) is 1. The summed E-state index contributed by atoms with van der Waals surface area (Å²) in [5.74, 6) is 0.452. The van der Waals surface area contributed by atoms with Gasteiger partial charge in [0.25, 0.3) is 5.91 Å². The molecule has 0 saturated heterocycles. The number of ether oxygens (including phenoxy) is 1. The summed E-state index contributed by atoms with van der Waals surface area (Å²) in [4.78, 5) is 17.2. The number of carbonyl (C=O) groups excluding carboxylic acids is 1. The normalized spacial score (nSPS) is 10.4. The minimum absolute atomic E-state index is 0.191. The molecule has 0 spiro atoms. The van der Waals surface area contributed by atoms with E-state index in [-0.39, 0.29) is 5.91 Å². The van der Waals surface area contributed by atoms with Crippen LogP contribution in [-0.2, 0) is 6.42 Å². The molecule has 2 aromatic carbocycles. The van der Waals surface area contributed by atoms with Gasteiger partial charge in [-0.25, -0.2) is 0 Å². The van der Waals surface area contributed by atoms with E-state index in [9.17, 15) is 4.79 Å². The van der Waals surface area contributed by atoms with Gasteiger partial charge in [-0.05, 0) is 36.2 Å². The first kappa shape index (κ1) is 15.7. The first-order chi connectivity index (χ1) is 11.7. The van der Waals surface area contributed by atoms with Crippen molar-refractivity contribution < 1.29 is 9.53 Å². The summed E-state index contributed by atoms with van der Waals surface area (Å²) in [6, 6.07) is 15.0. The van der Waals surface area contributed by atoms with Crippen molar-refractivity contribution in [3.05, 3.63) is 78.5 Å². The highest BCUT2D eigenvalue weighted by atomic mass is 16.5. The second kappa shape index (κ2) is 6.96. The van der Waals surface area contributed by atoms with Crippen LogP contribution < -0.4 is 10.1 Å². The van der Waals surface area contributed by atoms with E-state index in [1.807, 2.05) is 42.5 Å². The van der Waals surface area contributed by atoms with Crippen molar-refractivity contribution in [2.75, 3.05) is 12.4 Å². The van der Waals surface area contributed by atoms with Crippen LogP contribution in [0.4, 0.5) is 5.69 Å². The van der Waals surface area contributed by atoms with Gasteiger partial charge in [-0.1, -0.05) is 30.3 Å². The Morgan fingerprint density at radius 3 is 2.88 bits per heavy atom. The largest absolute Gasteiger partial charge is 0.497 e. The third kappa shape index (κ3) is 3.13. The molecule has 120 valence electrons. The Kier molecular flexibility index (Phi) is 4.57. The summed E-state index contributed by atoms with van der Waals surface area (Å²) in [6.45, 7) is 3.75. The third-order valence-corrected chi connectivity index (χ3v) is 3.81. The fourth-order valence-corrected chi connectivity index (χ4v) is 2.62. The number of nitrogens with one attached hydrogen (secondary N) is 1. The summed E-state index contributed by atoms with van der Waals surface area (Å²) >= 11 is 0. The number of para-hydroxylation sites is 1. The van der Waals surface area contributed by atoms with Gasteiger partial charge in [-0.15, -0.1) is 6.58 Å². The van der Waals surface area contributed by atoms with Gasteiger partial charge in [-0.2, -0.15) is 0 Å². The summed E-state index contributed by atoms with van der Waals surface area (Å²) in [6.07, 6.45) is 4.10. The predicted octanol–water partition coefficient (Wildman–Crippen LogP) is 4.22. The first-order valence-corrected chi connectivity index (χ1v) is 7.66. The average molecular weight is 318 g/mol. The highest BCUT2D eigenvalue weighted by Gasteiger charge is 2.14. The van der Waals surface area contributed by atoms with Gasteiger partial charge in [-0.3, -0.25) is 9.78 Å². The standard InChI is InChI=1S/C20H18N2O2/c1-3-6-14-10-11-16(24-2)13-17(14)20(23)22-18-9-4-7-15-8-5-12-21-19(15)18/h3-5,7-13H,1,6H2,2H3,(H,22,23). The van der Waals surface area contributed by atoms with Crippen molar-refractivity contribution in [3.8, 4) is 5.75 Å². The SMILES string of the molecule is C=CCc1ccc(OC)cc1C(=O)Nc1cccc2cccnc12. The van der Waals surface area contributed by atoms with Crippen LogP contribution in [-0.4, -0.2) is 18.0 Å². The third-order valence-electron chi connectivity index (χ3n) is 3.81. The molecule has 3 aromatic rings. The Balaban J connectivity index is 1.98. The quantitative estimate of drug-likeness (QED) is 0.716. The van der Waals surface area contributed by atoms with Crippen LogP contribution >= 0.6 is 0 Å². The zero-order chi connectivity index (χ0) is 16.9. The smallest absolute Gasteiger partial charge is 0.256 e. The lowest BCUT2D eigenvalue weighted by molar-refractivity contribution is 0.102. The molecule has 0 saturated carbocycles. The number of anilines is 1. The molecule has 0 aliphatic carbocycles. The lowest BCUT2D eigenvalue weighted by atomic mass is 10.0. The van der Waals surface area contributed by atoms with Crippen LogP contribution in [0.1, 0.15) is 15.9 Å². The van der Waals surface area contributed by atoms with Crippen molar-refractivity contribution >= 4 is 22.5 Å². The Morgan fingerprint density at radius 2 is 2.08 bits per heavy atom. The molecule has 0 aliphatic heterocycles. The van der Waals surface area contributed by atoms with Crippen molar-refractivity contribution in [2.45, 2.75) is 6.42 Å². The van der Waals surface area contributed by atoms with E-state index in [2.05, 4.69) is 16.9 Å². The van der Waals surface area contributed by atoms with Gasteiger partial charge in [0.05, 0.1) is 18.3 Å². The first-order valence-electron chi connectivity index (χ1n) is 7.66. The molecule has 0 bridgehead atoms. The maximum atomic E-state index is 12.8. The van der Waals surface area contributed by atoms with E-state index in [1.165, 1.54) is 0 Å². The fraction of sp³-hybridized carbons (Fsp3) is 0.100. The molecular formula is C20H18N2O2. The van der Waals surface area contributed by atoms with Crippen molar-refractivity contribution in [1.29, 1.82) is 0 Å². The molecule has 4 heteroatoms. The summed E-state index contributed by atoms with van der Waals surface area (Å²) in [7, 11) is 1.58. The second-order valence-electron chi connectivity index (χ2n) is 5.35. The summed E-state index contributed by atoms with van der Waals surface area (Å²) in [5.41, 5.74) is 2.92. The van der Waals surface area contributed by atoms with E-state index in [0.717, 1.165) is 16.5 Å². The van der Waals surface area contributed by atoms with E-state index in [4.69, 9.17) is 4.74 Å². The van der Waals surface area contributed by atoms with E-state index in [0.29, 0.717) is 23.4 Å². The number of allylic oxidation sites excluding steroid dienone is 1. The van der Waals surface area contributed by atoms with Crippen molar-refractivity contribution in [2.24, 2.45) is 0 Å². The van der Waals surface area contributed by atoms with Gasteiger partial charge in [0.15, 0.2) is 0 Å². The molecule has 3 rings (SSSR count). The maximum absolute atomic E-state index is 12.8. The lowest BCUT2D eigenvalue weighted by Gasteiger charge is -2.12. The summed E-state index contributed by atoms with van der Waals surface area (Å²) < 4.78 is 5.24. The number of amides is 1. The zero-order valence-electron chi connectivity index (χ0n) is 13.5. The molecule has 1 aromatic heterocycles. The minimum atomic E-state index is -0.191. The topological polar surface area (TPSA) is 51.2 Å². The van der Waals surface area contributed by atoms with Crippen molar-refractivity contribution in [1.82, 2.24) is 4.98 Å². The molecule has 0 unspecified atom stereocenters. The van der Waals surface area contributed by atoms with Crippen LogP contribution in [0, 0.1) is 0 Å². The number of pyridine rings is 1. The number of hydrogen-bond acceptors (Lipinski definition) is 3. The van der Waals surface area contributed by atoms with Crippen LogP contribution in [0.15, 0.2) is 67.4 Å². The minimum Gasteiger partial charge on any atom is -0.497 e. The molecule has 1 heterocycles. The Hall–Kier alpha value is -3.14. The number of fused-ring (bicyclic) bond motifs is 1. The Labute approximate surface area is 140 Å². The van der Waals surface area contributed by atoms with Gasteiger partial charge in [0.2, 0.25) is 0 Å². The number of carbonyl (C=O) groups is 1. The molecule has 1 amide bonds. The Morgan fingerprint density at radius 1 is 1.25 bits per heavy atom. The zero-order valence-corrected chi connectivity index (χ0v) is 13.5. The van der Waals surface area contributed by atoms with Gasteiger partial charge < -0.3 is 10.1 Å². The van der Waals surface area contributed by atoms with Crippen LogP contribution in [0.5, 0.6) is 5.75 Å². The van der Waals surface area contributed by atoms with Gasteiger partial charge in [0.1, 0.15) is 5.75 Å². The number of benzene rings is 2. The van der Waals surface area contributed by atoms with Crippen LogP contribution in [0.3, 0.4) is 0 Å². The summed E-state index contributed by atoms with van der Waals surface area (Å²) in [5, 5.41) is 3.94. The molecule has 4 nitrogen and oxygen atoms in total. The number of aromatic nitrogens is 1. The Bertz CT molecular complexity index is 898. The number of hydrogen-bond donors (Lipinski definition) is 1. The molecule has 24 heavy (non-hydrogen) atoms. The highest BCUT2D eigenvalue weighted by molar-refractivity contribution is 6.09. The second-order valence-corrected chi connectivity index (χ2v) is 5.35. The molecule has 0 fully saturated rings. The highest BCUT2D eigenvalue weighted by Crippen LogP contribution is 2.24. The molecule has 0 aliphatic rings. The monoisotopic (exact) mass is 318 g/mol. The van der Waals surface area contributed by atoms with E-state index >= 15 is 0 Å². The van der Waals surface area contributed by atoms with Gasteiger partial charge in [0, 0.05) is 17.1 Å². The average Bonchev–Trinajstić information content (AvgIpc) is 2.62.